The van der Waals surface area contributed by atoms with Crippen LogP contribution in [0.4, 0.5) is 0 Å². The van der Waals surface area contributed by atoms with Crippen LogP contribution in [0.5, 0.6) is 0 Å². The van der Waals surface area contributed by atoms with Crippen LogP contribution in [0.25, 0.3) is 0 Å². The number of rotatable bonds is 8. The van der Waals surface area contributed by atoms with Gasteiger partial charge in [0.15, 0.2) is 5.92 Å². The average Bonchev–Trinajstić information content (AvgIpc) is 2.15. The van der Waals surface area contributed by atoms with Gasteiger partial charge in [-0.05, 0) is 19.3 Å². The Morgan fingerprint density at radius 3 is 2.20 bits per heavy atom. The van der Waals surface area contributed by atoms with Crippen LogP contribution in [0.15, 0.2) is 12.2 Å². The van der Waals surface area contributed by atoms with E-state index in [2.05, 4.69) is 6.92 Å². The number of hydrogen-bond donors (Lipinski definition) is 2. The number of carboxylic acid groups (broad SMARTS) is 2. The molecular weight excluding hydrogens is 196 g/mol. The van der Waals surface area contributed by atoms with E-state index in [-0.39, 0.29) is 6.42 Å². The first-order valence-corrected chi connectivity index (χ1v) is 5.20. The molecule has 0 saturated heterocycles. The highest BCUT2D eigenvalue weighted by atomic mass is 16.4. The monoisotopic (exact) mass is 214 g/mol. The summed E-state index contributed by atoms with van der Waals surface area (Å²) in [6, 6.07) is 0. The molecule has 4 heteroatoms. The molecular formula is C11H18O4. The molecule has 0 aliphatic carbocycles. The molecule has 0 heterocycles. The Morgan fingerprint density at radius 2 is 1.73 bits per heavy atom. The van der Waals surface area contributed by atoms with E-state index < -0.39 is 17.9 Å². The second kappa shape index (κ2) is 8.03. The fourth-order valence-electron chi connectivity index (χ4n) is 1.17. The van der Waals surface area contributed by atoms with Gasteiger partial charge < -0.3 is 10.2 Å². The normalized spacial score (nSPS) is 11.1. The molecule has 86 valence electrons. The number of unbranched alkanes of at least 4 members (excludes halogenated alkanes) is 3. The summed E-state index contributed by atoms with van der Waals surface area (Å²) in [5.74, 6) is -3.87. The molecule has 0 aliphatic heterocycles. The third-order valence-corrected chi connectivity index (χ3v) is 2.11. The fraction of sp³-hybridized carbons (Fsp3) is 0.636. The summed E-state index contributed by atoms with van der Waals surface area (Å²) in [5, 5.41) is 17.1. The van der Waals surface area contributed by atoms with Crippen molar-refractivity contribution in [3.8, 4) is 0 Å². The number of allylic oxidation sites excluding steroid dienone is 2. The Bertz CT molecular complexity index is 219. The SMILES string of the molecule is CCCCC/C=C/CC(C(=O)O)C(=O)O. The highest BCUT2D eigenvalue weighted by Gasteiger charge is 2.23. The maximum atomic E-state index is 10.5. The zero-order valence-corrected chi connectivity index (χ0v) is 8.98. The lowest BCUT2D eigenvalue weighted by Crippen LogP contribution is -2.22. The van der Waals surface area contributed by atoms with Crippen molar-refractivity contribution < 1.29 is 19.8 Å². The second-order valence-electron chi connectivity index (χ2n) is 3.43. The molecule has 0 atom stereocenters. The van der Waals surface area contributed by atoms with Crippen molar-refractivity contribution in [3.63, 3.8) is 0 Å². The first-order chi connectivity index (χ1) is 7.09. The fourth-order valence-corrected chi connectivity index (χ4v) is 1.17. The van der Waals surface area contributed by atoms with Crippen molar-refractivity contribution >= 4 is 11.9 Å². The van der Waals surface area contributed by atoms with E-state index in [1.807, 2.05) is 6.08 Å². The maximum Gasteiger partial charge on any atom is 0.318 e. The van der Waals surface area contributed by atoms with Crippen LogP contribution in [0.1, 0.15) is 39.0 Å². The summed E-state index contributed by atoms with van der Waals surface area (Å²) in [7, 11) is 0. The van der Waals surface area contributed by atoms with Crippen LogP contribution in [-0.4, -0.2) is 22.2 Å². The molecule has 2 N–H and O–H groups in total. The van der Waals surface area contributed by atoms with Crippen LogP contribution in [-0.2, 0) is 9.59 Å². The van der Waals surface area contributed by atoms with Gasteiger partial charge in [0.2, 0.25) is 0 Å². The van der Waals surface area contributed by atoms with E-state index in [9.17, 15) is 9.59 Å². The van der Waals surface area contributed by atoms with Crippen molar-refractivity contribution in [2.75, 3.05) is 0 Å². The Balaban J connectivity index is 3.79. The highest BCUT2D eigenvalue weighted by Crippen LogP contribution is 2.06. The Kier molecular flexibility index (Phi) is 7.32. The molecule has 0 fully saturated rings. The molecule has 0 aromatic carbocycles. The summed E-state index contributed by atoms with van der Waals surface area (Å²) in [5.41, 5.74) is 0. The standard InChI is InChI=1S/C11H18O4/c1-2-3-4-5-6-7-8-9(10(12)13)11(14)15/h6-7,9H,2-5,8H2,1H3,(H,12,13)(H,14,15)/b7-6+. The zero-order valence-electron chi connectivity index (χ0n) is 8.98. The van der Waals surface area contributed by atoms with Crippen LogP contribution >= 0.6 is 0 Å². The third kappa shape index (κ3) is 6.71. The van der Waals surface area contributed by atoms with E-state index in [0.717, 1.165) is 25.7 Å². The van der Waals surface area contributed by atoms with Gasteiger partial charge in [0.1, 0.15) is 0 Å². The van der Waals surface area contributed by atoms with Gasteiger partial charge in [0.25, 0.3) is 0 Å². The predicted molar refractivity (Wildman–Crippen MR) is 56.7 cm³/mol. The van der Waals surface area contributed by atoms with Crippen molar-refractivity contribution in [2.24, 2.45) is 5.92 Å². The lowest BCUT2D eigenvalue weighted by molar-refractivity contribution is -0.154. The van der Waals surface area contributed by atoms with Crippen LogP contribution in [0, 0.1) is 5.92 Å². The van der Waals surface area contributed by atoms with Gasteiger partial charge in [-0.25, -0.2) is 0 Å². The number of carboxylic acids is 2. The smallest absolute Gasteiger partial charge is 0.318 e. The largest absolute Gasteiger partial charge is 0.481 e. The van der Waals surface area contributed by atoms with Crippen LogP contribution < -0.4 is 0 Å². The maximum absolute atomic E-state index is 10.5. The predicted octanol–water partition coefficient (Wildman–Crippen LogP) is 2.30. The quantitative estimate of drug-likeness (QED) is 0.369. The van der Waals surface area contributed by atoms with Crippen molar-refractivity contribution in [3.05, 3.63) is 12.2 Å². The number of aliphatic carboxylic acids is 2. The molecule has 0 rings (SSSR count). The molecule has 0 aliphatic rings. The molecule has 0 radical (unpaired) electrons. The second-order valence-corrected chi connectivity index (χ2v) is 3.43. The van der Waals surface area contributed by atoms with Crippen LogP contribution in [0.2, 0.25) is 0 Å². The van der Waals surface area contributed by atoms with E-state index in [4.69, 9.17) is 10.2 Å². The summed E-state index contributed by atoms with van der Waals surface area (Å²) >= 11 is 0. The van der Waals surface area contributed by atoms with E-state index in [1.165, 1.54) is 0 Å². The topological polar surface area (TPSA) is 74.6 Å². The summed E-state index contributed by atoms with van der Waals surface area (Å²) in [4.78, 5) is 21.0. The van der Waals surface area contributed by atoms with Crippen molar-refractivity contribution in [1.82, 2.24) is 0 Å². The number of carbonyl (C=O) groups is 2. The molecule has 15 heavy (non-hydrogen) atoms. The average molecular weight is 214 g/mol. The Hall–Kier alpha value is -1.32. The molecule has 0 aromatic heterocycles. The van der Waals surface area contributed by atoms with Gasteiger partial charge in [-0.3, -0.25) is 9.59 Å². The lowest BCUT2D eigenvalue weighted by Gasteiger charge is -2.02. The minimum Gasteiger partial charge on any atom is -0.481 e. The van der Waals surface area contributed by atoms with Gasteiger partial charge in [-0.2, -0.15) is 0 Å². The van der Waals surface area contributed by atoms with Gasteiger partial charge in [-0.1, -0.05) is 31.9 Å². The minimum atomic E-state index is -1.31. The molecule has 4 nitrogen and oxygen atoms in total. The molecule has 0 spiro atoms. The molecule has 0 bridgehead atoms. The van der Waals surface area contributed by atoms with E-state index in [0.29, 0.717) is 0 Å². The first kappa shape index (κ1) is 13.7. The first-order valence-electron chi connectivity index (χ1n) is 5.20. The summed E-state index contributed by atoms with van der Waals surface area (Å²) < 4.78 is 0. The highest BCUT2D eigenvalue weighted by molar-refractivity contribution is 5.92. The van der Waals surface area contributed by atoms with Crippen molar-refractivity contribution in [2.45, 2.75) is 39.0 Å². The molecule has 0 amide bonds. The van der Waals surface area contributed by atoms with E-state index >= 15 is 0 Å². The van der Waals surface area contributed by atoms with Gasteiger partial charge in [0, 0.05) is 0 Å². The van der Waals surface area contributed by atoms with Gasteiger partial charge in [-0.15, -0.1) is 0 Å². The Morgan fingerprint density at radius 1 is 1.13 bits per heavy atom. The number of hydrogen-bond acceptors (Lipinski definition) is 2. The summed E-state index contributed by atoms with van der Waals surface area (Å²) in [6.07, 6.45) is 7.80. The van der Waals surface area contributed by atoms with E-state index in [1.54, 1.807) is 6.08 Å². The molecule has 0 aromatic rings. The Labute approximate surface area is 89.6 Å². The summed E-state index contributed by atoms with van der Waals surface area (Å²) in [6.45, 7) is 2.11. The van der Waals surface area contributed by atoms with Crippen LogP contribution in [0.3, 0.4) is 0 Å². The zero-order chi connectivity index (χ0) is 11.7. The molecule has 0 saturated carbocycles. The molecule has 0 unspecified atom stereocenters. The van der Waals surface area contributed by atoms with Gasteiger partial charge in [0.05, 0.1) is 0 Å². The van der Waals surface area contributed by atoms with Gasteiger partial charge >= 0.3 is 11.9 Å². The lowest BCUT2D eigenvalue weighted by atomic mass is 10.1. The van der Waals surface area contributed by atoms with Crippen molar-refractivity contribution in [1.29, 1.82) is 0 Å². The minimum absolute atomic E-state index is 0.0663. The third-order valence-electron chi connectivity index (χ3n) is 2.11.